The Morgan fingerprint density at radius 1 is 1.00 bits per heavy atom. The summed E-state index contributed by atoms with van der Waals surface area (Å²) in [7, 11) is 0. The zero-order valence-electron chi connectivity index (χ0n) is 2.42. The minimum absolute atomic E-state index is 0. The van der Waals surface area contributed by atoms with Crippen molar-refractivity contribution in [2.75, 3.05) is 0 Å². The Hall–Kier alpha value is 1.58. The topological polar surface area (TPSA) is 0 Å². The fourth-order valence-electron chi connectivity index (χ4n) is 0. The monoisotopic (exact) mass is 286 g/mol. The molecule has 0 aromatic rings. The van der Waals surface area contributed by atoms with Gasteiger partial charge in [0.1, 0.15) is 0 Å². The van der Waals surface area contributed by atoms with Gasteiger partial charge in [0, 0.05) is 27.3 Å². The number of rotatable bonds is 0. The molecule has 0 bridgehead atoms. The fraction of sp³-hybridized carbons (Fsp3) is 0. The Morgan fingerprint density at radius 2 is 1.00 bits per heavy atom. The number of hydrogen-bond donors (Lipinski definition) is 0. The summed E-state index contributed by atoms with van der Waals surface area (Å²) in [6.45, 7) is 0. The Morgan fingerprint density at radius 3 is 1.00 bits per heavy atom. The first-order chi connectivity index (χ1) is 1.73. The van der Waals surface area contributed by atoms with Gasteiger partial charge in [0.2, 0.25) is 0 Å². The maximum absolute atomic E-state index is 9.88. The zero-order chi connectivity index (χ0) is 3.58. The second kappa shape index (κ2) is 5.58. The summed E-state index contributed by atoms with van der Waals surface area (Å²) in [5.41, 5.74) is 0. The molecular weight excluding hydrogens is 284 g/mol. The van der Waals surface area contributed by atoms with E-state index in [0.29, 0.717) is 0 Å². The van der Waals surface area contributed by atoms with Gasteiger partial charge in [-0.3, -0.25) is 0 Å². The van der Waals surface area contributed by atoms with Gasteiger partial charge < -0.3 is 0 Å². The summed E-state index contributed by atoms with van der Waals surface area (Å²) in [6.07, 6.45) is 0. The van der Waals surface area contributed by atoms with Crippen molar-refractivity contribution < 1.29 is 35.3 Å². The van der Waals surface area contributed by atoms with E-state index in [1.165, 1.54) is 0 Å². The molecule has 0 nitrogen and oxygen atoms in total. The van der Waals surface area contributed by atoms with E-state index >= 15 is 0 Å². The van der Waals surface area contributed by atoms with Gasteiger partial charge in [-0.25, -0.2) is 0 Å². The van der Waals surface area contributed by atoms with Crippen LogP contribution in [0.2, 0.25) is 0 Å². The first-order valence-corrected chi connectivity index (χ1v) is 4.39. The third-order valence-electron chi connectivity index (χ3n) is 0. The SMILES string of the molecule is [Cd].[F][In]([F])[F]. The summed E-state index contributed by atoms with van der Waals surface area (Å²) in [4.78, 5) is 0. The van der Waals surface area contributed by atoms with Crippen LogP contribution < -0.4 is 0 Å². The second-order valence-corrected chi connectivity index (χ2v) is 1.66. The van der Waals surface area contributed by atoms with Crippen molar-refractivity contribution in [3.63, 3.8) is 0 Å². The third kappa shape index (κ3) is 28.6. The summed E-state index contributed by atoms with van der Waals surface area (Å²) in [5, 5.41) is 0. The van der Waals surface area contributed by atoms with Crippen LogP contribution in [0.15, 0.2) is 0 Å². The van der Waals surface area contributed by atoms with Crippen LogP contribution in [0.4, 0.5) is 7.99 Å². The third-order valence-corrected chi connectivity index (χ3v) is 0. The summed E-state index contributed by atoms with van der Waals surface area (Å²) < 4.78 is 29.6. The van der Waals surface area contributed by atoms with Crippen LogP contribution in [0, 0.1) is 0 Å². The van der Waals surface area contributed by atoms with Gasteiger partial charge >= 0.3 is 31.2 Å². The van der Waals surface area contributed by atoms with Crippen LogP contribution in [0.1, 0.15) is 0 Å². The molecule has 0 fully saturated rings. The predicted molar refractivity (Wildman–Crippen MR) is 9.08 cm³/mol. The van der Waals surface area contributed by atoms with E-state index in [1.54, 1.807) is 0 Å². The molecule has 0 spiro atoms. The summed E-state index contributed by atoms with van der Waals surface area (Å²) in [6, 6.07) is 0. The molecule has 5 heavy (non-hydrogen) atoms. The minimum atomic E-state index is -5.14. The van der Waals surface area contributed by atoms with Gasteiger partial charge in [-0.1, -0.05) is 0 Å². The Bertz CT molecular complexity index is 11.6. The van der Waals surface area contributed by atoms with E-state index in [0.717, 1.165) is 0 Å². The van der Waals surface area contributed by atoms with Gasteiger partial charge in [-0.05, 0) is 0 Å². The standard InChI is InChI=1S/Cd.3FH.In/h;3*1H;/q;;;;+3/p-3. The van der Waals surface area contributed by atoms with E-state index in [4.69, 9.17) is 0 Å². The molecule has 0 aliphatic rings. The molecule has 0 saturated carbocycles. The summed E-state index contributed by atoms with van der Waals surface area (Å²) in [5.74, 6) is 0. The van der Waals surface area contributed by atoms with Crippen molar-refractivity contribution >= 4 is 23.2 Å². The molecule has 0 radical (unpaired) electrons. The quantitative estimate of drug-likeness (QED) is 0.579. The second-order valence-electron chi connectivity index (χ2n) is 0.247. The van der Waals surface area contributed by atoms with Crippen LogP contribution in [0.25, 0.3) is 0 Å². The van der Waals surface area contributed by atoms with E-state index in [-0.39, 0.29) is 27.3 Å². The van der Waals surface area contributed by atoms with Crippen LogP contribution in [-0.4, -0.2) is 23.2 Å². The first-order valence-electron chi connectivity index (χ1n) is 0.655. The van der Waals surface area contributed by atoms with Gasteiger partial charge in [-0.15, -0.1) is 0 Å². The molecule has 0 aliphatic carbocycles. The van der Waals surface area contributed by atoms with Crippen LogP contribution in [0.3, 0.4) is 0 Å². The first kappa shape index (κ1) is 9.77. The molecule has 0 unspecified atom stereocenters. The molecule has 0 N–H and O–H groups in total. The van der Waals surface area contributed by atoms with Crippen molar-refractivity contribution in [2.24, 2.45) is 0 Å². The predicted octanol–water partition coefficient (Wildman–Crippen LogP) is 0.877. The average molecular weight is 284 g/mol. The van der Waals surface area contributed by atoms with Crippen LogP contribution >= 0.6 is 0 Å². The molecule has 0 heterocycles. The van der Waals surface area contributed by atoms with E-state index in [1.807, 2.05) is 0 Å². The normalized spacial score (nSPS) is 5.40. The van der Waals surface area contributed by atoms with E-state index < -0.39 is 23.2 Å². The molecule has 0 atom stereocenters. The van der Waals surface area contributed by atoms with Gasteiger partial charge in [-0.2, -0.15) is 0 Å². The van der Waals surface area contributed by atoms with Crippen LogP contribution in [-0.2, 0) is 27.3 Å². The maximum atomic E-state index is 9.88. The molecule has 5 heteroatoms. The van der Waals surface area contributed by atoms with E-state index in [9.17, 15) is 7.99 Å². The molecule has 0 amide bonds. The molecule has 0 saturated heterocycles. The van der Waals surface area contributed by atoms with Crippen molar-refractivity contribution in [2.45, 2.75) is 0 Å². The number of hydrogen-bond acceptors (Lipinski definition) is 0. The summed E-state index contributed by atoms with van der Waals surface area (Å²) >= 11 is -5.14. The van der Waals surface area contributed by atoms with Gasteiger partial charge in [0.05, 0.1) is 0 Å². The van der Waals surface area contributed by atoms with Gasteiger partial charge in [0.25, 0.3) is 0 Å². The molecule has 26 valence electrons. The fourth-order valence-corrected chi connectivity index (χ4v) is 0. The van der Waals surface area contributed by atoms with Gasteiger partial charge in [0.15, 0.2) is 0 Å². The van der Waals surface area contributed by atoms with Crippen molar-refractivity contribution in [3.05, 3.63) is 0 Å². The van der Waals surface area contributed by atoms with Crippen LogP contribution in [0.5, 0.6) is 0 Å². The van der Waals surface area contributed by atoms with E-state index in [2.05, 4.69) is 0 Å². The molecule has 0 aromatic heterocycles. The Labute approximate surface area is 58.0 Å². The van der Waals surface area contributed by atoms with Crippen molar-refractivity contribution in [1.29, 1.82) is 0 Å². The molecular formula is CdF3In. The number of halogens is 3. The zero-order valence-corrected chi connectivity index (χ0v) is 9.75. The molecule has 0 aromatic carbocycles. The Balaban J connectivity index is 0. The van der Waals surface area contributed by atoms with Crippen molar-refractivity contribution in [1.82, 2.24) is 0 Å². The average Bonchev–Trinajstić information content (AvgIpc) is 0.811. The Kier molecular flexibility index (Phi) is 10.9. The molecule has 0 aliphatic heterocycles. The molecule has 0 rings (SSSR count). The van der Waals surface area contributed by atoms with Crippen molar-refractivity contribution in [3.8, 4) is 0 Å².